The molecule has 0 radical (unpaired) electrons. The van der Waals surface area contributed by atoms with Crippen LogP contribution in [-0.4, -0.2) is 27.8 Å². The molecule has 0 aliphatic carbocycles. The maximum Gasteiger partial charge on any atom is 0.345 e. The van der Waals surface area contributed by atoms with Gasteiger partial charge in [0.05, 0.1) is 12.3 Å². The van der Waals surface area contributed by atoms with E-state index in [0.29, 0.717) is 24.5 Å². The lowest BCUT2D eigenvalue weighted by molar-refractivity contribution is 0.0523. The molecule has 1 N–H and O–H groups in total. The Balaban J connectivity index is 1.96. The van der Waals surface area contributed by atoms with Crippen LogP contribution in [0.3, 0.4) is 0 Å². The molecule has 0 unspecified atom stereocenters. The molecule has 0 amide bonds. The molecule has 1 aromatic carbocycles. The van der Waals surface area contributed by atoms with Crippen LogP contribution in [-0.2, 0) is 11.3 Å². The number of fused-ring (bicyclic) bond motifs is 1. The van der Waals surface area contributed by atoms with Crippen LogP contribution >= 0.6 is 0 Å². The Kier molecular flexibility index (Phi) is 5.23. The maximum absolute atomic E-state index is 12.6. The largest absolute Gasteiger partial charge is 0.462 e. The minimum Gasteiger partial charge on any atom is -0.462 e. The van der Waals surface area contributed by atoms with Crippen molar-refractivity contribution in [1.29, 1.82) is 0 Å². The summed E-state index contributed by atoms with van der Waals surface area (Å²) in [5.41, 5.74) is 4.15. The lowest BCUT2D eigenvalue weighted by atomic mass is 10.2. The summed E-state index contributed by atoms with van der Waals surface area (Å²) in [4.78, 5) is 28.9. The van der Waals surface area contributed by atoms with E-state index in [1.54, 1.807) is 6.92 Å². The minimum atomic E-state index is -0.638. The molecule has 1 aliphatic heterocycles. The third-order valence-corrected chi connectivity index (χ3v) is 3.94. The molecule has 1 aliphatic rings. The van der Waals surface area contributed by atoms with E-state index in [4.69, 9.17) is 4.74 Å². The van der Waals surface area contributed by atoms with Gasteiger partial charge < -0.3 is 4.74 Å². The van der Waals surface area contributed by atoms with Crippen LogP contribution in [0.15, 0.2) is 46.4 Å². The van der Waals surface area contributed by atoms with Gasteiger partial charge in [-0.3, -0.25) is 14.8 Å². The van der Waals surface area contributed by atoms with Gasteiger partial charge in [0.25, 0.3) is 5.56 Å². The fourth-order valence-electron chi connectivity index (χ4n) is 2.70. The van der Waals surface area contributed by atoms with Crippen molar-refractivity contribution in [3.8, 4) is 0 Å². The van der Waals surface area contributed by atoms with Crippen molar-refractivity contribution in [1.82, 2.24) is 9.55 Å². The van der Waals surface area contributed by atoms with Crippen molar-refractivity contribution < 1.29 is 9.53 Å². The SMILES string of the molecule is CCOC(=O)c1cnc2n(c1=O)CCCC/C2=N\Nc1ccccc1. The van der Waals surface area contributed by atoms with Crippen LogP contribution in [0.5, 0.6) is 0 Å². The van der Waals surface area contributed by atoms with E-state index < -0.39 is 5.97 Å². The number of rotatable bonds is 4. The first kappa shape index (κ1) is 16.9. The predicted octanol–water partition coefficient (Wildman–Crippen LogP) is 2.42. The van der Waals surface area contributed by atoms with E-state index in [2.05, 4.69) is 15.5 Å². The molecule has 0 saturated carbocycles. The van der Waals surface area contributed by atoms with Crippen LogP contribution in [0, 0.1) is 0 Å². The van der Waals surface area contributed by atoms with Crippen LogP contribution in [0.2, 0.25) is 0 Å². The van der Waals surface area contributed by atoms with Gasteiger partial charge in [-0.05, 0) is 38.3 Å². The van der Waals surface area contributed by atoms with Gasteiger partial charge >= 0.3 is 5.97 Å². The molecule has 0 bridgehead atoms. The first-order valence-corrected chi connectivity index (χ1v) is 8.35. The molecule has 0 saturated heterocycles. The van der Waals surface area contributed by atoms with E-state index in [9.17, 15) is 9.59 Å². The fraction of sp³-hybridized carbons (Fsp3) is 0.333. The molecule has 130 valence electrons. The molecular weight excluding hydrogens is 320 g/mol. The number of hydrogen-bond acceptors (Lipinski definition) is 6. The summed E-state index contributed by atoms with van der Waals surface area (Å²) in [6.45, 7) is 2.43. The highest BCUT2D eigenvalue weighted by Crippen LogP contribution is 2.14. The van der Waals surface area contributed by atoms with Crippen LogP contribution < -0.4 is 11.0 Å². The molecule has 2 heterocycles. The van der Waals surface area contributed by atoms with Gasteiger partial charge in [-0.2, -0.15) is 5.10 Å². The smallest absolute Gasteiger partial charge is 0.345 e. The molecule has 7 heteroatoms. The van der Waals surface area contributed by atoms with Crippen molar-refractivity contribution in [2.75, 3.05) is 12.0 Å². The number of para-hydroxylation sites is 1. The number of carbonyl (C=O) groups excluding carboxylic acids is 1. The van der Waals surface area contributed by atoms with Crippen molar-refractivity contribution in [3.63, 3.8) is 0 Å². The third-order valence-electron chi connectivity index (χ3n) is 3.94. The average molecular weight is 340 g/mol. The van der Waals surface area contributed by atoms with Gasteiger partial charge in [-0.15, -0.1) is 0 Å². The maximum atomic E-state index is 12.6. The molecule has 0 spiro atoms. The van der Waals surface area contributed by atoms with Crippen molar-refractivity contribution in [2.24, 2.45) is 5.10 Å². The Morgan fingerprint density at radius 1 is 1.32 bits per heavy atom. The summed E-state index contributed by atoms with van der Waals surface area (Å²) in [5.74, 6) is -0.139. The number of esters is 1. The average Bonchev–Trinajstić information content (AvgIpc) is 2.84. The molecule has 3 rings (SSSR count). The molecule has 2 aromatic rings. The Bertz CT molecular complexity index is 843. The van der Waals surface area contributed by atoms with Crippen molar-refractivity contribution in [2.45, 2.75) is 32.7 Å². The molecule has 7 nitrogen and oxygen atoms in total. The summed E-state index contributed by atoms with van der Waals surface area (Å²) >= 11 is 0. The zero-order chi connectivity index (χ0) is 17.6. The van der Waals surface area contributed by atoms with Gasteiger partial charge in [0, 0.05) is 12.7 Å². The van der Waals surface area contributed by atoms with Gasteiger partial charge in [0.1, 0.15) is 11.3 Å². The number of nitrogens with one attached hydrogen (secondary N) is 1. The normalized spacial score (nSPS) is 15.3. The number of nitrogens with zero attached hydrogens (tertiary/aromatic N) is 3. The van der Waals surface area contributed by atoms with Gasteiger partial charge in [-0.25, -0.2) is 9.78 Å². The van der Waals surface area contributed by atoms with Gasteiger partial charge in [0.2, 0.25) is 0 Å². The second-order valence-electron chi connectivity index (χ2n) is 5.67. The Hall–Kier alpha value is -2.96. The van der Waals surface area contributed by atoms with E-state index in [0.717, 1.165) is 18.5 Å². The molecular formula is C18H20N4O3. The summed E-state index contributed by atoms with van der Waals surface area (Å²) in [7, 11) is 0. The summed E-state index contributed by atoms with van der Waals surface area (Å²) in [5, 5.41) is 4.44. The lowest BCUT2D eigenvalue weighted by Crippen LogP contribution is -2.32. The Morgan fingerprint density at radius 3 is 2.88 bits per heavy atom. The number of hydrogen-bond donors (Lipinski definition) is 1. The zero-order valence-electron chi connectivity index (χ0n) is 14.1. The number of benzene rings is 1. The molecule has 1 aromatic heterocycles. The monoisotopic (exact) mass is 340 g/mol. The number of hydrazone groups is 1. The van der Waals surface area contributed by atoms with Gasteiger partial charge in [0.15, 0.2) is 5.82 Å². The molecule has 0 fully saturated rings. The first-order valence-electron chi connectivity index (χ1n) is 8.35. The highest BCUT2D eigenvalue weighted by molar-refractivity contribution is 5.98. The second-order valence-corrected chi connectivity index (χ2v) is 5.67. The summed E-state index contributed by atoms with van der Waals surface area (Å²) in [6.07, 6.45) is 3.72. The third kappa shape index (κ3) is 3.76. The number of ether oxygens (including phenoxy) is 1. The van der Waals surface area contributed by atoms with Crippen LogP contribution in [0.4, 0.5) is 5.69 Å². The first-order chi connectivity index (χ1) is 12.2. The number of aromatic nitrogens is 2. The Labute approximate surface area is 145 Å². The summed E-state index contributed by atoms with van der Waals surface area (Å²) in [6, 6.07) is 9.57. The number of carbonyl (C=O) groups is 1. The Morgan fingerprint density at radius 2 is 2.12 bits per heavy atom. The van der Waals surface area contributed by atoms with E-state index in [-0.39, 0.29) is 17.7 Å². The van der Waals surface area contributed by atoms with Crippen molar-refractivity contribution >= 4 is 17.4 Å². The van der Waals surface area contributed by atoms with E-state index in [1.807, 2.05) is 30.3 Å². The standard InChI is InChI=1S/C18H20N4O3/c1-2-25-18(24)14-12-19-16-15(10-6-7-11-22(16)17(14)23)21-20-13-8-4-3-5-9-13/h3-5,8-9,12,20H,2,6-7,10-11H2,1H3/b21-15+. The minimum absolute atomic E-state index is 0.0390. The summed E-state index contributed by atoms with van der Waals surface area (Å²) < 4.78 is 6.45. The second kappa shape index (κ2) is 7.74. The number of anilines is 1. The highest BCUT2D eigenvalue weighted by Gasteiger charge is 2.21. The highest BCUT2D eigenvalue weighted by atomic mass is 16.5. The topological polar surface area (TPSA) is 85.6 Å². The van der Waals surface area contributed by atoms with Crippen molar-refractivity contribution in [3.05, 3.63) is 58.3 Å². The fourth-order valence-corrected chi connectivity index (χ4v) is 2.70. The predicted molar refractivity (Wildman–Crippen MR) is 94.9 cm³/mol. The van der Waals surface area contributed by atoms with E-state index in [1.165, 1.54) is 10.8 Å². The molecule has 0 atom stereocenters. The zero-order valence-corrected chi connectivity index (χ0v) is 14.1. The lowest BCUT2D eigenvalue weighted by Gasteiger charge is -2.11. The molecule has 25 heavy (non-hydrogen) atoms. The van der Waals surface area contributed by atoms with Crippen LogP contribution in [0.1, 0.15) is 42.4 Å². The van der Waals surface area contributed by atoms with Gasteiger partial charge in [-0.1, -0.05) is 18.2 Å². The van der Waals surface area contributed by atoms with Crippen LogP contribution in [0.25, 0.3) is 0 Å². The quantitative estimate of drug-likeness (QED) is 0.682. The van der Waals surface area contributed by atoms with E-state index >= 15 is 0 Å².